The van der Waals surface area contributed by atoms with Crippen LogP contribution in [0.1, 0.15) is 197 Å². The van der Waals surface area contributed by atoms with E-state index in [4.69, 9.17) is 0 Å². The lowest BCUT2D eigenvalue weighted by Gasteiger charge is -2.42. The number of fused-ring (bicyclic) bond motifs is 20. The number of aryl methyl sites for hydroxylation is 3. The number of anilines is 12. The second kappa shape index (κ2) is 21.9. The van der Waals surface area contributed by atoms with Crippen LogP contribution in [0, 0.1) is 20.8 Å². The van der Waals surface area contributed by atoms with Gasteiger partial charge in [-0.25, -0.2) is 0 Å². The Morgan fingerprint density at radius 3 is 0.817 bits per heavy atom. The summed E-state index contributed by atoms with van der Waals surface area (Å²) in [5.74, 6) is 0. The number of hydrogen-bond donors (Lipinski definition) is 0. The van der Waals surface area contributed by atoms with E-state index in [-0.39, 0.29) is 56.7 Å². The highest BCUT2D eigenvalue weighted by molar-refractivity contribution is 7.42. The van der Waals surface area contributed by atoms with Crippen LogP contribution in [0.3, 0.4) is 0 Å². The Morgan fingerprint density at radius 2 is 0.523 bits per heavy atom. The number of para-hydroxylation sites is 1. The van der Waals surface area contributed by atoms with Gasteiger partial charge in [0.05, 0.1) is 22.7 Å². The molecule has 0 radical (unpaired) electrons. The van der Waals surface area contributed by atoms with E-state index in [2.05, 4.69) is 371 Å². The van der Waals surface area contributed by atoms with Gasteiger partial charge in [-0.3, -0.25) is 0 Å². The monoisotopic (exact) mass is 1490 g/mol. The van der Waals surface area contributed by atoms with Crippen LogP contribution in [0.25, 0.3) is 40.3 Å². The lowest BCUT2D eigenvalue weighted by Crippen LogP contribution is -2.59. The highest BCUT2D eigenvalue weighted by atomic mass is 32.1. The maximum atomic E-state index is 2.76. The molecule has 2 unspecified atom stereocenters. The second-order valence-corrected chi connectivity index (χ2v) is 43.3. The molecule has 0 spiro atoms. The van der Waals surface area contributed by atoms with Gasteiger partial charge < -0.3 is 19.6 Å². The molecule has 10 aromatic carbocycles. The Bertz CT molecular complexity index is 6350. The molecule has 0 saturated heterocycles. The smallest absolute Gasteiger partial charge is 0.277 e. The molecule has 8 heterocycles. The number of rotatable bonds is 7. The quantitative estimate of drug-likeness (QED) is 0.147. The molecule has 4 aromatic heterocycles. The van der Waals surface area contributed by atoms with Gasteiger partial charge in [0.2, 0.25) is 0 Å². The van der Waals surface area contributed by atoms with Crippen molar-refractivity contribution in [3.8, 4) is 0 Å². The van der Waals surface area contributed by atoms with Crippen LogP contribution in [0.15, 0.2) is 188 Å². The maximum Gasteiger partial charge on any atom is 0.277 e. The van der Waals surface area contributed by atoms with Gasteiger partial charge in [-0.05, 0) is 279 Å². The van der Waals surface area contributed by atoms with Gasteiger partial charge in [-0.15, -0.1) is 45.3 Å². The third-order valence-electron chi connectivity index (χ3n) is 28.1. The molecule has 0 saturated carbocycles. The fourth-order valence-electron chi connectivity index (χ4n) is 24.0. The number of nitrogens with zero attached hydrogens (tertiary/aromatic N) is 4. The van der Waals surface area contributed by atoms with Crippen molar-refractivity contribution in [3.63, 3.8) is 0 Å². The predicted molar refractivity (Wildman–Crippen MR) is 477 cm³/mol. The van der Waals surface area contributed by atoms with E-state index in [1.165, 1.54) is 189 Å². The highest BCUT2D eigenvalue weighted by Gasteiger charge is 2.55. The summed E-state index contributed by atoms with van der Waals surface area (Å²) >= 11 is 8.29. The number of hydrogen-bond acceptors (Lipinski definition) is 8. The van der Waals surface area contributed by atoms with Crippen LogP contribution in [-0.2, 0) is 43.3 Å². The van der Waals surface area contributed by atoms with Crippen molar-refractivity contribution < 1.29 is 0 Å². The van der Waals surface area contributed by atoms with Gasteiger partial charge >= 0.3 is 0 Å². The lowest BCUT2D eigenvalue weighted by atomic mass is 9.39. The second-order valence-electron chi connectivity index (χ2n) is 38.9. The minimum absolute atomic E-state index is 0.0267. The van der Waals surface area contributed by atoms with Crippen molar-refractivity contribution in [1.82, 2.24) is 0 Å². The van der Waals surface area contributed by atoms with Crippen molar-refractivity contribution in [2.45, 2.75) is 200 Å². The van der Waals surface area contributed by atoms with E-state index in [0.717, 1.165) is 38.5 Å². The molecule has 0 bridgehead atoms. The summed E-state index contributed by atoms with van der Waals surface area (Å²) in [7, 11) is 0. The van der Waals surface area contributed by atoms with E-state index in [1.807, 2.05) is 0 Å². The van der Waals surface area contributed by atoms with E-state index in [9.17, 15) is 0 Å². The third-order valence-corrected chi connectivity index (χ3v) is 33.0. The molecule has 8 aliphatic rings. The first-order valence-electron chi connectivity index (χ1n) is 40.1. The fraction of sp³-hybridized carbons (Fsp3) is 0.313. The molecule has 4 aliphatic carbocycles. The van der Waals surface area contributed by atoms with Crippen LogP contribution in [0.2, 0.25) is 0 Å². The SMILES string of the molecule is Cc1ccc(N2c3cccc4c3B(c3sc5cc6c(cc5c32)C(C)(C)CC6(C)C)c2sc3cc5c(cc3c2N4c2ccccc2)C(C)(CCC2(C)CC(C)(C)c3cc4sc6c(c4cc32)N(c2ccc(C)cc2)c2cccc3c2B6c2sc4cc6c(cc4c2N3c2ccc(C)cc2)C(C)(C)CC6(C)C)CC5(C)C)cc1. The van der Waals surface area contributed by atoms with Crippen molar-refractivity contribution in [2.75, 3.05) is 19.6 Å². The van der Waals surface area contributed by atoms with Crippen LogP contribution >= 0.6 is 45.3 Å². The summed E-state index contributed by atoms with van der Waals surface area (Å²) in [6.07, 6.45) is 6.71. The summed E-state index contributed by atoms with van der Waals surface area (Å²) in [6, 6.07) is 75.3. The minimum Gasteiger partial charge on any atom is -0.310 e. The zero-order valence-corrected chi connectivity index (χ0v) is 69.5. The Balaban J connectivity index is 0.696. The van der Waals surface area contributed by atoms with Crippen molar-refractivity contribution in [3.05, 3.63) is 249 Å². The van der Waals surface area contributed by atoms with Crippen LogP contribution in [0.5, 0.6) is 0 Å². The summed E-state index contributed by atoms with van der Waals surface area (Å²) in [4.78, 5) is 10.7. The first kappa shape index (κ1) is 67.3. The van der Waals surface area contributed by atoms with Crippen LogP contribution in [0.4, 0.5) is 68.2 Å². The first-order chi connectivity index (χ1) is 51.9. The average Bonchev–Trinajstić information content (AvgIpc) is 1.58. The zero-order valence-electron chi connectivity index (χ0n) is 66.2. The molecular weight excluding hydrogens is 1400 g/mol. The molecule has 0 amide bonds. The topological polar surface area (TPSA) is 13.0 Å². The van der Waals surface area contributed by atoms with E-state index < -0.39 is 0 Å². The van der Waals surface area contributed by atoms with Crippen LogP contribution < -0.4 is 49.6 Å². The van der Waals surface area contributed by atoms with Crippen molar-refractivity contribution >= 4 is 197 Å². The standard InChI is InChI=1S/C99H94B2N4S4/c1-55-29-35-59(36-30-55)103-75-26-21-25-74-82(75)100(88-84(103)62-43-66-68(47-78(62)106-88)94(8,9)51-92(66,4)5)90-86(102(74)58-23-19-18-20-24-58)64-45-72-70(49-80(64)108-90)96(12,13)53-98(72,16)41-42-99(17)54-97(14,15)71-50-81-65(46-73(71)99)87-91(109-81)101-83-76(27-22-28-77(83)105(87)61-39-33-57(3)34-40-61)104(60-37-31-56(2)32-38-60)85-63-44-67-69(48-79(63)107-89(85)101)95(10,11)52-93(67,6)7/h18-40,43-50H,41-42,51-54H2,1-17H3. The average molecular weight is 1490 g/mol. The van der Waals surface area contributed by atoms with Gasteiger partial charge in [0.25, 0.3) is 13.4 Å². The lowest BCUT2D eigenvalue weighted by molar-refractivity contribution is 0.284. The normalized spacial score (nSPS) is 21.0. The molecule has 14 aromatic rings. The van der Waals surface area contributed by atoms with Crippen molar-refractivity contribution in [1.29, 1.82) is 0 Å². The molecule has 0 N–H and O–H groups in total. The molecular formula is C99H94B2N4S4. The predicted octanol–water partition coefficient (Wildman–Crippen LogP) is 24.9. The van der Waals surface area contributed by atoms with Gasteiger partial charge in [-0.1, -0.05) is 180 Å². The Morgan fingerprint density at radius 1 is 0.275 bits per heavy atom. The summed E-state index contributed by atoms with van der Waals surface area (Å²) < 4.78 is 11.5. The third kappa shape index (κ3) is 9.18. The Labute approximate surface area is 660 Å². The van der Waals surface area contributed by atoms with Gasteiger partial charge in [0, 0.05) is 105 Å². The summed E-state index contributed by atoms with van der Waals surface area (Å²) in [5, 5.41) is 5.56. The number of benzene rings is 10. The fourth-order valence-corrected chi connectivity index (χ4v) is 29.5. The van der Waals surface area contributed by atoms with Crippen molar-refractivity contribution in [2.24, 2.45) is 0 Å². The Hall–Kier alpha value is -8.63. The summed E-state index contributed by atoms with van der Waals surface area (Å²) in [5.41, 5.74) is 34.4. The molecule has 0 fully saturated rings. The maximum absolute atomic E-state index is 2.76. The van der Waals surface area contributed by atoms with Gasteiger partial charge in [-0.2, -0.15) is 0 Å². The minimum atomic E-state index is -0.0790. The van der Waals surface area contributed by atoms with E-state index in [1.54, 1.807) is 11.1 Å². The van der Waals surface area contributed by atoms with E-state index in [0.29, 0.717) is 0 Å². The molecule has 4 nitrogen and oxygen atoms in total. The van der Waals surface area contributed by atoms with Gasteiger partial charge in [0.15, 0.2) is 0 Å². The molecule has 109 heavy (non-hydrogen) atoms. The molecule has 2 atom stereocenters. The first-order valence-corrected chi connectivity index (χ1v) is 43.3. The largest absolute Gasteiger partial charge is 0.310 e. The zero-order chi connectivity index (χ0) is 74.8. The molecule has 4 aliphatic heterocycles. The molecule has 22 rings (SSSR count). The highest BCUT2D eigenvalue weighted by Crippen LogP contribution is 2.63. The van der Waals surface area contributed by atoms with Crippen LogP contribution in [-0.4, -0.2) is 13.4 Å². The molecule has 540 valence electrons. The Kier molecular flexibility index (Phi) is 13.5. The summed E-state index contributed by atoms with van der Waals surface area (Å²) in [6.45, 7) is 42.2. The van der Waals surface area contributed by atoms with Gasteiger partial charge in [0.1, 0.15) is 0 Å². The van der Waals surface area contributed by atoms with E-state index >= 15 is 0 Å². The number of thiophene rings is 4. The molecule has 10 heteroatoms.